The summed E-state index contributed by atoms with van der Waals surface area (Å²) in [5, 5.41) is 54.2. The number of aliphatic hydroxyl groups excluding tert-OH is 2. The molecule has 6 N–H and O–H groups in total. The molecule has 0 aliphatic rings. The second-order valence-electron chi connectivity index (χ2n) is 5.82. The SMILES string of the molecule is CN(CCCCN(C)C(CC(O)O)C(O)O)C(CC(=O)O)C(=O)O. The molecule has 0 spiro atoms. The van der Waals surface area contributed by atoms with Gasteiger partial charge in [-0.15, -0.1) is 0 Å². The lowest BCUT2D eigenvalue weighted by Gasteiger charge is -2.30. The van der Waals surface area contributed by atoms with Gasteiger partial charge in [-0.2, -0.15) is 0 Å². The molecule has 142 valence electrons. The normalized spacial score (nSPS) is 14.6. The number of carboxylic acids is 2. The molecule has 24 heavy (non-hydrogen) atoms. The van der Waals surface area contributed by atoms with Crippen LogP contribution >= 0.6 is 0 Å². The molecule has 0 aromatic heterocycles. The van der Waals surface area contributed by atoms with E-state index in [0.29, 0.717) is 25.9 Å². The lowest BCUT2D eigenvalue weighted by atomic mass is 10.1. The van der Waals surface area contributed by atoms with Gasteiger partial charge in [-0.3, -0.25) is 19.4 Å². The van der Waals surface area contributed by atoms with E-state index in [0.717, 1.165) is 0 Å². The molecule has 0 aliphatic heterocycles. The summed E-state index contributed by atoms with van der Waals surface area (Å²) in [6.45, 7) is 0.798. The van der Waals surface area contributed by atoms with Crippen LogP contribution in [-0.2, 0) is 9.59 Å². The first-order valence-corrected chi connectivity index (χ1v) is 7.63. The topological polar surface area (TPSA) is 162 Å². The Bertz CT molecular complexity index is 391. The van der Waals surface area contributed by atoms with E-state index in [-0.39, 0.29) is 6.42 Å². The third kappa shape index (κ3) is 9.11. The van der Waals surface area contributed by atoms with Crippen molar-refractivity contribution in [1.82, 2.24) is 9.80 Å². The monoisotopic (exact) mass is 352 g/mol. The summed E-state index contributed by atoms with van der Waals surface area (Å²) in [4.78, 5) is 24.8. The van der Waals surface area contributed by atoms with Gasteiger partial charge in [0.1, 0.15) is 6.04 Å². The number of carboxylic acid groups (broad SMARTS) is 2. The van der Waals surface area contributed by atoms with Crippen LogP contribution in [-0.4, -0.2) is 104 Å². The van der Waals surface area contributed by atoms with Crippen LogP contribution in [0.2, 0.25) is 0 Å². The highest BCUT2D eigenvalue weighted by atomic mass is 16.5. The summed E-state index contributed by atoms with van der Waals surface area (Å²) in [5.74, 6) is -2.38. The van der Waals surface area contributed by atoms with Gasteiger partial charge in [0, 0.05) is 6.42 Å². The highest BCUT2D eigenvalue weighted by molar-refractivity contribution is 5.80. The van der Waals surface area contributed by atoms with Gasteiger partial charge in [0.25, 0.3) is 0 Å². The van der Waals surface area contributed by atoms with Gasteiger partial charge in [-0.25, -0.2) is 0 Å². The molecule has 10 heteroatoms. The molecule has 0 aliphatic carbocycles. The van der Waals surface area contributed by atoms with Crippen LogP contribution in [0.15, 0.2) is 0 Å². The molecule has 0 bridgehead atoms. The van der Waals surface area contributed by atoms with Crippen molar-refractivity contribution in [3.63, 3.8) is 0 Å². The minimum absolute atomic E-state index is 0.215. The van der Waals surface area contributed by atoms with Crippen molar-refractivity contribution in [2.75, 3.05) is 27.2 Å². The zero-order valence-corrected chi connectivity index (χ0v) is 13.9. The second kappa shape index (κ2) is 11.3. The van der Waals surface area contributed by atoms with E-state index in [9.17, 15) is 19.8 Å². The molecule has 0 heterocycles. The first-order valence-electron chi connectivity index (χ1n) is 7.63. The molecular weight excluding hydrogens is 324 g/mol. The minimum atomic E-state index is -1.72. The fourth-order valence-electron chi connectivity index (χ4n) is 2.39. The van der Waals surface area contributed by atoms with E-state index in [1.807, 2.05) is 0 Å². The van der Waals surface area contributed by atoms with Crippen LogP contribution in [0.1, 0.15) is 25.7 Å². The van der Waals surface area contributed by atoms with E-state index in [2.05, 4.69) is 0 Å². The Balaban J connectivity index is 4.30. The number of hydrogen-bond acceptors (Lipinski definition) is 8. The maximum Gasteiger partial charge on any atom is 0.321 e. The van der Waals surface area contributed by atoms with Crippen LogP contribution in [0.25, 0.3) is 0 Å². The minimum Gasteiger partial charge on any atom is -0.481 e. The van der Waals surface area contributed by atoms with Crippen molar-refractivity contribution in [1.29, 1.82) is 0 Å². The van der Waals surface area contributed by atoms with Gasteiger partial charge in [-0.05, 0) is 40.0 Å². The molecule has 2 atom stereocenters. The highest BCUT2D eigenvalue weighted by Gasteiger charge is 2.26. The standard InChI is InChI=1S/C14H28N2O8/c1-15(9(13(21)22)7-11(17)18)5-3-4-6-16(2)10(14(23)24)8-12(19)20/h9-11,13,17-18,21-22H,3-8H2,1-2H3,(H,19,20)(H,23,24). The van der Waals surface area contributed by atoms with Gasteiger partial charge in [0.15, 0.2) is 12.6 Å². The molecule has 0 radical (unpaired) electrons. The van der Waals surface area contributed by atoms with E-state index in [1.165, 1.54) is 11.9 Å². The van der Waals surface area contributed by atoms with Crippen LogP contribution in [0.5, 0.6) is 0 Å². The molecule has 0 rings (SSSR count). The molecule has 0 saturated carbocycles. The van der Waals surface area contributed by atoms with Crippen LogP contribution in [0, 0.1) is 0 Å². The van der Waals surface area contributed by atoms with Crippen LogP contribution in [0.4, 0.5) is 0 Å². The summed E-state index contributed by atoms with van der Waals surface area (Å²) in [7, 11) is 3.15. The summed E-state index contributed by atoms with van der Waals surface area (Å²) < 4.78 is 0. The third-order valence-corrected chi connectivity index (χ3v) is 3.82. The Labute approximate surface area is 140 Å². The zero-order chi connectivity index (χ0) is 18.9. The number of unbranched alkanes of at least 4 members (excludes halogenated alkanes) is 1. The Kier molecular flexibility index (Phi) is 10.7. The maximum absolute atomic E-state index is 11.1. The molecule has 0 aromatic rings. The Morgan fingerprint density at radius 1 is 0.917 bits per heavy atom. The van der Waals surface area contributed by atoms with Gasteiger partial charge >= 0.3 is 11.9 Å². The largest absolute Gasteiger partial charge is 0.481 e. The average molecular weight is 352 g/mol. The lowest BCUT2D eigenvalue weighted by molar-refractivity contribution is -0.149. The first-order chi connectivity index (χ1) is 11.1. The quantitative estimate of drug-likeness (QED) is 0.160. The summed E-state index contributed by atoms with van der Waals surface area (Å²) in [6.07, 6.45) is -2.91. The van der Waals surface area contributed by atoms with Crippen LogP contribution in [0.3, 0.4) is 0 Å². The number of likely N-dealkylation sites (N-methyl/N-ethyl adjacent to an activating group) is 2. The third-order valence-electron chi connectivity index (χ3n) is 3.82. The molecular formula is C14H28N2O8. The van der Waals surface area contributed by atoms with Crippen molar-refractivity contribution in [2.45, 2.75) is 50.3 Å². The zero-order valence-electron chi connectivity index (χ0n) is 13.9. The maximum atomic E-state index is 11.1. The second-order valence-corrected chi connectivity index (χ2v) is 5.82. The van der Waals surface area contributed by atoms with Crippen molar-refractivity contribution in [2.24, 2.45) is 0 Å². The number of nitrogens with zero attached hydrogens (tertiary/aromatic N) is 2. The molecule has 0 aromatic carbocycles. The number of aliphatic carboxylic acids is 2. The van der Waals surface area contributed by atoms with Gasteiger partial charge in [0.05, 0.1) is 12.5 Å². The molecule has 2 unspecified atom stereocenters. The van der Waals surface area contributed by atoms with Gasteiger partial charge in [-0.1, -0.05) is 0 Å². The molecule has 0 fully saturated rings. The summed E-state index contributed by atoms with van der Waals surface area (Å²) >= 11 is 0. The van der Waals surface area contributed by atoms with Crippen molar-refractivity contribution >= 4 is 11.9 Å². The fraction of sp³-hybridized carbons (Fsp3) is 0.857. The van der Waals surface area contributed by atoms with Crippen molar-refractivity contribution < 1.29 is 40.2 Å². The Morgan fingerprint density at radius 2 is 1.42 bits per heavy atom. The number of carbonyl (C=O) groups is 2. The molecule has 0 amide bonds. The Hall–Kier alpha value is -1.30. The number of hydrogen-bond donors (Lipinski definition) is 6. The average Bonchev–Trinajstić information content (AvgIpc) is 2.45. The van der Waals surface area contributed by atoms with E-state index >= 15 is 0 Å². The summed E-state index contributed by atoms with van der Waals surface area (Å²) in [6, 6.07) is -1.93. The summed E-state index contributed by atoms with van der Waals surface area (Å²) in [5.41, 5.74) is 0. The fourth-order valence-corrected chi connectivity index (χ4v) is 2.39. The van der Waals surface area contributed by atoms with E-state index < -0.39 is 43.0 Å². The lowest BCUT2D eigenvalue weighted by Crippen LogP contribution is -2.44. The van der Waals surface area contributed by atoms with Crippen molar-refractivity contribution in [3.8, 4) is 0 Å². The molecule has 10 nitrogen and oxygen atoms in total. The number of aliphatic hydroxyl groups is 4. The molecule has 0 saturated heterocycles. The van der Waals surface area contributed by atoms with Gasteiger partial charge < -0.3 is 30.6 Å². The highest BCUT2D eigenvalue weighted by Crippen LogP contribution is 2.10. The van der Waals surface area contributed by atoms with E-state index in [4.69, 9.17) is 20.4 Å². The van der Waals surface area contributed by atoms with Crippen LogP contribution < -0.4 is 0 Å². The predicted octanol–water partition coefficient (Wildman–Crippen LogP) is -2.06. The van der Waals surface area contributed by atoms with E-state index in [1.54, 1.807) is 11.9 Å². The van der Waals surface area contributed by atoms with Gasteiger partial charge in [0.2, 0.25) is 0 Å². The number of rotatable bonds is 13. The van der Waals surface area contributed by atoms with Crippen molar-refractivity contribution in [3.05, 3.63) is 0 Å². The first kappa shape index (κ1) is 22.7. The smallest absolute Gasteiger partial charge is 0.321 e. The predicted molar refractivity (Wildman–Crippen MR) is 83.0 cm³/mol. The Morgan fingerprint density at radius 3 is 1.79 bits per heavy atom.